The molecule has 1 saturated heterocycles. The average Bonchev–Trinajstić information content (AvgIpc) is 3.19. The second-order valence-corrected chi connectivity index (χ2v) is 14.8. The van der Waals surface area contributed by atoms with Crippen molar-refractivity contribution in [3.63, 3.8) is 0 Å². The summed E-state index contributed by atoms with van der Waals surface area (Å²) in [6.45, 7) is 14.0. The standard InChI is InChI=1S/C36H50ClN3O5S/c1-5-9-27-22-29(37)11-13-31(27)28-24-40-18-15-26(6-2)33(43-21-19-39-16-8-17-39)10-7-20-45-36(3,4)35(41)38-46(42)30-12-14-34(44-25-28)32(40)23-30/h7,10-14,22-23,26,28,33H,5-6,8-9,15-21,24-25H2,1-4H3,(H,38,41)/b10-7+. The van der Waals surface area contributed by atoms with Crippen LogP contribution in [0.25, 0.3) is 0 Å². The third-order valence-electron chi connectivity index (χ3n) is 9.45. The van der Waals surface area contributed by atoms with Crippen LogP contribution in [0.4, 0.5) is 5.69 Å². The second-order valence-electron chi connectivity index (χ2n) is 13.1. The van der Waals surface area contributed by atoms with E-state index in [1.54, 1.807) is 19.9 Å². The van der Waals surface area contributed by atoms with E-state index >= 15 is 0 Å². The fourth-order valence-corrected chi connectivity index (χ4v) is 7.56. The Bertz CT molecular complexity index is 1400. The number of rotatable bonds is 8. The van der Waals surface area contributed by atoms with Crippen LogP contribution < -0.4 is 14.4 Å². The Hall–Kier alpha value is -2.43. The molecule has 0 spiro atoms. The quantitative estimate of drug-likeness (QED) is 0.331. The lowest BCUT2D eigenvalue weighted by molar-refractivity contribution is -0.139. The molecule has 1 N–H and O–H groups in total. The first-order chi connectivity index (χ1) is 22.2. The summed E-state index contributed by atoms with van der Waals surface area (Å²) in [6, 6.07) is 11.8. The molecule has 0 saturated carbocycles. The van der Waals surface area contributed by atoms with Gasteiger partial charge in [0.1, 0.15) is 11.4 Å². The number of hydrogen-bond acceptors (Lipinski definition) is 7. The Kier molecular flexibility index (Phi) is 12.2. The molecule has 1 amide bonds. The number of fused-ring (bicyclic) bond motifs is 1. The topological polar surface area (TPSA) is 80.3 Å². The first kappa shape index (κ1) is 34.9. The minimum atomic E-state index is -1.77. The molecule has 1 fully saturated rings. The summed E-state index contributed by atoms with van der Waals surface area (Å²) >= 11 is 6.43. The molecule has 3 aliphatic heterocycles. The van der Waals surface area contributed by atoms with Crippen molar-refractivity contribution >= 4 is 34.2 Å². The fraction of sp³-hybridized carbons (Fsp3) is 0.583. The van der Waals surface area contributed by atoms with Crippen molar-refractivity contribution in [1.82, 2.24) is 9.62 Å². The molecule has 3 heterocycles. The molecule has 2 bridgehead atoms. The van der Waals surface area contributed by atoms with Gasteiger partial charge in [-0.15, -0.1) is 0 Å². The van der Waals surface area contributed by atoms with E-state index in [1.165, 1.54) is 17.5 Å². The van der Waals surface area contributed by atoms with Crippen LogP contribution in [0.5, 0.6) is 5.75 Å². The van der Waals surface area contributed by atoms with Gasteiger partial charge >= 0.3 is 0 Å². The van der Waals surface area contributed by atoms with Gasteiger partial charge in [-0.1, -0.05) is 56.5 Å². The zero-order valence-corrected chi connectivity index (χ0v) is 29.3. The molecule has 0 aromatic heterocycles. The number of anilines is 1. The fourth-order valence-electron chi connectivity index (χ4n) is 6.42. The van der Waals surface area contributed by atoms with Crippen molar-refractivity contribution in [1.29, 1.82) is 0 Å². The number of likely N-dealkylation sites (tertiary alicyclic amines) is 1. The predicted molar refractivity (Wildman–Crippen MR) is 185 cm³/mol. The number of halogens is 1. The highest BCUT2D eigenvalue weighted by Crippen LogP contribution is 2.38. The number of aryl methyl sites for hydroxylation is 1. The monoisotopic (exact) mass is 671 g/mol. The lowest BCUT2D eigenvalue weighted by Gasteiger charge is -2.33. The van der Waals surface area contributed by atoms with E-state index in [0.29, 0.717) is 18.1 Å². The number of carbonyl (C=O) groups excluding carboxylic acids is 1. The number of amides is 1. The van der Waals surface area contributed by atoms with E-state index < -0.39 is 22.5 Å². The molecule has 252 valence electrons. The molecule has 46 heavy (non-hydrogen) atoms. The third-order valence-corrected chi connectivity index (χ3v) is 10.7. The summed E-state index contributed by atoms with van der Waals surface area (Å²) in [5, 5.41) is 0.747. The predicted octanol–water partition coefficient (Wildman–Crippen LogP) is 6.29. The zero-order valence-electron chi connectivity index (χ0n) is 27.8. The molecular formula is C36H50ClN3O5S. The molecule has 0 aliphatic carbocycles. The third kappa shape index (κ3) is 8.72. The summed E-state index contributed by atoms with van der Waals surface area (Å²) < 4.78 is 35.1. The normalized spacial score (nSPS) is 26.4. The number of carbonyl (C=O) groups is 1. The van der Waals surface area contributed by atoms with Crippen LogP contribution in [-0.4, -0.2) is 79.3 Å². The van der Waals surface area contributed by atoms with Crippen molar-refractivity contribution in [2.75, 3.05) is 57.4 Å². The summed E-state index contributed by atoms with van der Waals surface area (Å²) in [4.78, 5) is 18.5. The van der Waals surface area contributed by atoms with Crippen LogP contribution in [0.15, 0.2) is 53.4 Å². The van der Waals surface area contributed by atoms with Crippen molar-refractivity contribution in [3.8, 4) is 5.75 Å². The Balaban J connectivity index is 1.48. The number of nitrogens with zero attached hydrogens (tertiary/aromatic N) is 2. The lowest BCUT2D eigenvalue weighted by atomic mass is 9.91. The molecule has 3 aliphatic rings. The molecule has 5 rings (SSSR count). The molecular weight excluding hydrogens is 622 g/mol. The van der Waals surface area contributed by atoms with E-state index in [4.69, 9.17) is 25.8 Å². The Morgan fingerprint density at radius 3 is 2.70 bits per heavy atom. The summed E-state index contributed by atoms with van der Waals surface area (Å²) in [6.07, 6.45) is 9.07. The van der Waals surface area contributed by atoms with E-state index in [9.17, 15) is 9.00 Å². The zero-order chi connectivity index (χ0) is 32.7. The number of ether oxygens (including phenoxy) is 3. The van der Waals surface area contributed by atoms with E-state index in [0.717, 1.165) is 74.9 Å². The van der Waals surface area contributed by atoms with Gasteiger partial charge in [0.05, 0.1) is 36.5 Å². The van der Waals surface area contributed by atoms with E-state index in [1.807, 2.05) is 24.3 Å². The summed E-state index contributed by atoms with van der Waals surface area (Å²) in [5.41, 5.74) is 2.23. The maximum Gasteiger partial charge on any atom is 0.263 e. The maximum absolute atomic E-state index is 13.4. The minimum Gasteiger partial charge on any atom is -0.491 e. The average molecular weight is 672 g/mol. The Morgan fingerprint density at radius 1 is 1.13 bits per heavy atom. The lowest BCUT2D eigenvalue weighted by Crippen LogP contribution is -2.45. The first-order valence-corrected chi connectivity index (χ1v) is 18.4. The number of hydrogen-bond donors (Lipinski definition) is 1. The van der Waals surface area contributed by atoms with Gasteiger partial charge in [-0.3, -0.25) is 9.52 Å². The number of benzene rings is 2. The van der Waals surface area contributed by atoms with Crippen molar-refractivity contribution in [2.24, 2.45) is 5.92 Å². The molecule has 8 nitrogen and oxygen atoms in total. The highest BCUT2D eigenvalue weighted by molar-refractivity contribution is 7.83. The molecule has 4 unspecified atom stereocenters. The van der Waals surface area contributed by atoms with Gasteiger partial charge in [0.25, 0.3) is 5.91 Å². The van der Waals surface area contributed by atoms with Gasteiger partial charge in [0.15, 0.2) is 11.0 Å². The molecule has 2 aromatic rings. The van der Waals surface area contributed by atoms with Crippen LogP contribution >= 0.6 is 11.6 Å². The van der Waals surface area contributed by atoms with Gasteiger partial charge in [-0.05, 0) is 93.6 Å². The van der Waals surface area contributed by atoms with Crippen molar-refractivity contribution in [2.45, 2.75) is 82.3 Å². The Morgan fingerprint density at radius 2 is 1.96 bits per heavy atom. The van der Waals surface area contributed by atoms with Crippen LogP contribution in [0.2, 0.25) is 5.02 Å². The van der Waals surface area contributed by atoms with Gasteiger partial charge in [-0.25, -0.2) is 4.21 Å². The van der Waals surface area contributed by atoms with Crippen LogP contribution in [-0.2, 0) is 31.7 Å². The van der Waals surface area contributed by atoms with E-state index in [-0.39, 0.29) is 24.5 Å². The molecule has 2 aromatic carbocycles. The first-order valence-electron chi connectivity index (χ1n) is 16.9. The second kappa shape index (κ2) is 16.1. The molecule has 10 heteroatoms. The van der Waals surface area contributed by atoms with Crippen molar-refractivity contribution < 1.29 is 23.2 Å². The molecule has 0 radical (unpaired) electrons. The minimum absolute atomic E-state index is 0.0792. The highest BCUT2D eigenvalue weighted by atomic mass is 35.5. The Labute approximate surface area is 282 Å². The van der Waals surface area contributed by atoms with Gasteiger partial charge in [0, 0.05) is 30.6 Å². The summed E-state index contributed by atoms with van der Waals surface area (Å²) in [5.74, 6) is 0.702. The highest BCUT2D eigenvalue weighted by Gasteiger charge is 2.32. The van der Waals surface area contributed by atoms with Gasteiger partial charge in [-0.2, -0.15) is 0 Å². The van der Waals surface area contributed by atoms with Gasteiger partial charge < -0.3 is 24.0 Å². The summed E-state index contributed by atoms with van der Waals surface area (Å²) in [7, 11) is -1.77. The van der Waals surface area contributed by atoms with Crippen LogP contribution in [0.3, 0.4) is 0 Å². The number of nitrogens with one attached hydrogen (secondary N) is 1. The van der Waals surface area contributed by atoms with E-state index in [2.05, 4.69) is 46.6 Å². The van der Waals surface area contributed by atoms with Crippen LogP contribution in [0.1, 0.15) is 70.4 Å². The van der Waals surface area contributed by atoms with Crippen LogP contribution in [0, 0.1) is 5.92 Å². The van der Waals surface area contributed by atoms with Crippen molar-refractivity contribution in [3.05, 3.63) is 64.7 Å². The SMILES string of the molecule is CCCc1cc(Cl)ccc1C1COc2ccc3cc2N(CCC(CC)C(OCCN2CCC2)/C=C/COC(C)(C)C(=O)NS3=O)C1. The largest absolute Gasteiger partial charge is 0.491 e. The van der Waals surface area contributed by atoms with Gasteiger partial charge in [0.2, 0.25) is 0 Å². The molecule has 4 atom stereocenters. The smallest absolute Gasteiger partial charge is 0.263 e. The maximum atomic E-state index is 13.4.